The van der Waals surface area contributed by atoms with Gasteiger partial charge in [0, 0.05) is 18.8 Å². The van der Waals surface area contributed by atoms with E-state index in [0.29, 0.717) is 36.2 Å². The van der Waals surface area contributed by atoms with Crippen molar-refractivity contribution in [1.82, 2.24) is 4.31 Å². The molecule has 2 rings (SSSR count). The maximum Gasteiger partial charge on any atom is 0.218 e. The third-order valence-corrected chi connectivity index (χ3v) is 5.71. The van der Waals surface area contributed by atoms with E-state index in [9.17, 15) is 8.42 Å². The van der Waals surface area contributed by atoms with Gasteiger partial charge in [-0.25, -0.2) is 12.7 Å². The van der Waals surface area contributed by atoms with Gasteiger partial charge in [0.05, 0.1) is 5.75 Å². The molecule has 1 aliphatic heterocycles. The number of rotatable bonds is 4. The van der Waals surface area contributed by atoms with Gasteiger partial charge in [-0.2, -0.15) is 0 Å². The summed E-state index contributed by atoms with van der Waals surface area (Å²) >= 11 is 0. The highest BCUT2D eigenvalue weighted by Gasteiger charge is 2.32. The van der Waals surface area contributed by atoms with Crippen LogP contribution in [0.3, 0.4) is 0 Å². The van der Waals surface area contributed by atoms with E-state index >= 15 is 0 Å². The van der Waals surface area contributed by atoms with Gasteiger partial charge in [-0.05, 0) is 29.9 Å². The Kier molecular flexibility index (Phi) is 4.16. The number of anilines is 1. The topological polar surface area (TPSA) is 63.4 Å². The molecule has 4 nitrogen and oxygen atoms in total. The number of nitrogens with zero attached hydrogens (tertiary/aromatic N) is 1. The van der Waals surface area contributed by atoms with Crippen LogP contribution < -0.4 is 5.73 Å². The zero-order chi connectivity index (χ0) is 14.0. The SMILES string of the molecule is CC(C)C1CCN(S(=O)(=O)Cc2ccccc2N)C1. The Morgan fingerprint density at radius 1 is 1.37 bits per heavy atom. The predicted octanol–water partition coefficient (Wildman–Crippen LogP) is 2.08. The van der Waals surface area contributed by atoms with Gasteiger partial charge >= 0.3 is 0 Å². The third kappa shape index (κ3) is 3.28. The molecule has 0 bridgehead atoms. The summed E-state index contributed by atoms with van der Waals surface area (Å²) in [6.45, 7) is 5.58. The predicted molar refractivity (Wildman–Crippen MR) is 78.0 cm³/mol. The lowest BCUT2D eigenvalue weighted by atomic mass is 9.96. The molecular weight excluding hydrogens is 260 g/mol. The van der Waals surface area contributed by atoms with Crippen molar-refractivity contribution < 1.29 is 8.42 Å². The molecule has 1 aromatic rings. The van der Waals surface area contributed by atoms with Crippen molar-refractivity contribution in [2.75, 3.05) is 18.8 Å². The molecular formula is C14H22N2O2S. The van der Waals surface area contributed by atoms with Crippen LogP contribution in [0, 0.1) is 11.8 Å². The molecule has 0 spiro atoms. The first-order valence-electron chi connectivity index (χ1n) is 6.71. The van der Waals surface area contributed by atoms with Crippen molar-refractivity contribution >= 4 is 15.7 Å². The van der Waals surface area contributed by atoms with E-state index in [-0.39, 0.29) is 5.75 Å². The second kappa shape index (κ2) is 5.51. The van der Waals surface area contributed by atoms with Crippen LogP contribution in [-0.2, 0) is 15.8 Å². The van der Waals surface area contributed by atoms with Crippen LogP contribution in [0.5, 0.6) is 0 Å². The fraction of sp³-hybridized carbons (Fsp3) is 0.571. The van der Waals surface area contributed by atoms with Gasteiger partial charge in [-0.3, -0.25) is 0 Å². The van der Waals surface area contributed by atoms with Crippen molar-refractivity contribution in [3.63, 3.8) is 0 Å². The minimum atomic E-state index is -3.25. The molecule has 0 amide bonds. The normalized spacial score (nSPS) is 21.1. The summed E-state index contributed by atoms with van der Waals surface area (Å²) < 4.78 is 26.4. The van der Waals surface area contributed by atoms with Crippen LogP contribution in [0.15, 0.2) is 24.3 Å². The number of nitrogen functional groups attached to an aromatic ring is 1. The van der Waals surface area contributed by atoms with Gasteiger partial charge in [0.25, 0.3) is 0 Å². The molecule has 2 N–H and O–H groups in total. The summed E-state index contributed by atoms with van der Waals surface area (Å²) in [6.07, 6.45) is 0.959. The summed E-state index contributed by atoms with van der Waals surface area (Å²) in [5.41, 5.74) is 7.06. The zero-order valence-electron chi connectivity index (χ0n) is 11.5. The molecule has 1 saturated heterocycles. The van der Waals surface area contributed by atoms with Crippen molar-refractivity contribution in [2.45, 2.75) is 26.0 Å². The van der Waals surface area contributed by atoms with Crippen LogP contribution in [0.25, 0.3) is 0 Å². The lowest BCUT2D eigenvalue weighted by molar-refractivity contribution is 0.388. The molecule has 0 aromatic heterocycles. The summed E-state index contributed by atoms with van der Waals surface area (Å²) in [4.78, 5) is 0. The molecule has 0 radical (unpaired) electrons. The minimum absolute atomic E-state index is 0.00445. The Labute approximate surface area is 115 Å². The van der Waals surface area contributed by atoms with Crippen LogP contribution in [0.4, 0.5) is 5.69 Å². The van der Waals surface area contributed by atoms with Crippen molar-refractivity contribution in [1.29, 1.82) is 0 Å². The Morgan fingerprint density at radius 3 is 2.63 bits per heavy atom. The number of hydrogen-bond acceptors (Lipinski definition) is 3. The zero-order valence-corrected chi connectivity index (χ0v) is 12.4. The summed E-state index contributed by atoms with van der Waals surface area (Å²) in [5.74, 6) is 1.01. The monoisotopic (exact) mass is 282 g/mol. The summed E-state index contributed by atoms with van der Waals surface area (Å²) in [6, 6.07) is 7.16. The molecule has 1 unspecified atom stereocenters. The van der Waals surface area contributed by atoms with Gasteiger partial charge in [0.15, 0.2) is 0 Å². The molecule has 1 fully saturated rings. The van der Waals surface area contributed by atoms with E-state index in [0.717, 1.165) is 6.42 Å². The summed E-state index contributed by atoms with van der Waals surface area (Å²) in [7, 11) is -3.25. The number of sulfonamides is 1. The van der Waals surface area contributed by atoms with Gasteiger partial charge in [-0.1, -0.05) is 32.0 Å². The highest BCUT2D eigenvalue weighted by Crippen LogP contribution is 2.27. The first-order valence-corrected chi connectivity index (χ1v) is 8.32. The number of benzene rings is 1. The second-order valence-corrected chi connectivity index (χ2v) is 7.57. The first-order chi connectivity index (χ1) is 8.90. The Morgan fingerprint density at radius 2 is 2.05 bits per heavy atom. The molecule has 0 saturated carbocycles. The highest BCUT2D eigenvalue weighted by atomic mass is 32.2. The van der Waals surface area contributed by atoms with Gasteiger partial charge < -0.3 is 5.73 Å². The van der Waals surface area contributed by atoms with Crippen molar-refractivity contribution in [3.05, 3.63) is 29.8 Å². The Balaban J connectivity index is 2.10. The van der Waals surface area contributed by atoms with Crippen LogP contribution >= 0.6 is 0 Å². The molecule has 1 atom stereocenters. The van der Waals surface area contributed by atoms with Gasteiger partial charge in [0.2, 0.25) is 10.0 Å². The fourth-order valence-corrected chi connectivity index (χ4v) is 4.14. The van der Waals surface area contributed by atoms with Crippen LogP contribution in [0.2, 0.25) is 0 Å². The number of nitrogens with two attached hydrogens (primary N) is 1. The molecule has 1 heterocycles. The largest absolute Gasteiger partial charge is 0.398 e. The van der Waals surface area contributed by atoms with E-state index in [1.807, 2.05) is 12.1 Å². The van der Waals surface area contributed by atoms with E-state index in [4.69, 9.17) is 5.73 Å². The van der Waals surface area contributed by atoms with Crippen LogP contribution in [-0.4, -0.2) is 25.8 Å². The fourth-order valence-electron chi connectivity index (χ4n) is 2.50. The van der Waals surface area contributed by atoms with Crippen molar-refractivity contribution in [2.24, 2.45) is 11.8 Å². The van der Waals surface area contributed by atoms with Gasteiger partial charge in [-0.15, -0.1) is 0 Å². The lowest BCUT2D eigenvalue weighted by Gasteiger charge is -2.18. The maximum absolute atomic E-state index is 12.4. The minimum Gasteiger partial charge on any atom is -0.398 e. The maximum atomic E-state index is 12.4. The quantitative estimate of drug-likeness (QED) is 0.860. The molecule has 19 heavy (non-hydrogen) atoms. The Bertz CT molecular complexity index is 540. The Hall–Kier alpha value is -1.07. The molecule has 5 heteroatoms. The molecule has 1 aromatic carbocycles. The molecule has 1 aliphatic rings. The smallest absolute Gasteiger partial charge is 0.218 e. The van der Waals surface area contributed by atoms with Crippen LogP contribution in [0.1, 0.15) is 25.8 Å². The van der Waals surface area contributed by atoms with E-state index in [1.54, 1.807) is 16.4 Å². The first kappa shape index (κ1) is 14.3. The van der Waals surface area contributed by atoms with E-state index in [2.05, 4.69) is 13.8 Å². The number of para-hydroxylation sites is 1. The third-order valence-electron chi connectivity index (χ3n) is 3.92. The molecule has 106 valence electrons. The summed E-state index contributed by atoms with van der Waals surface area (Å²) in [5, 5.41) is 0. The standard InChI is InChI=1S/C14H22N2O2S/c1-11(2)12-7-8-16(9-12)19(17,18)10-13-5-3-4-6-14(13)15/h3-6,11-12H,7-10,15H2,1-2H3. The van der Waals surface area contributed by atoms with E-state index in [1.165, 1.54) is 0 Å². The second-order valence-electron chi connectivity index (χ2n) is 5.61. The lowest BCUT2D eigenvalue weighted by Crippen LogP contribution is -2.30. The van der Waals surface area contributed by atoms with Crippen molar-refractivity contribution in [3.8, 4) is 0 Å². The molecule has 0 aliphatic carbocycles. The average Bonchev–Trinajstić information content (AvgIpc) is 2.82. The van der Waals surface area contributed by atoms with E-state index < -0.39 is 10.0 Å². The highest BCUT2D eigenvalue weighted by molar-refractivity contribution is 7.88. The van der Waals surface area contributed by atoms with Gasteiger partial charge in [0.1, 0.15) is 0 Å². The average molecular weight is 282 g/mol. The number of hydrogen-bond donors (Lipinski definition) is 1.